The number of aliphatic hydroxyl groups excluding tert-OH is 2. The molecular weight excluding hydrogens is 420 g/mol. The Hall–Kier alpha value is -1.15. The third-order valence-electron chi connectivity index (χ3n) is 4.76. The molecule has 144 valence electrons. The molecule has 0 fully saturated rings. The lowest BCUT2D eigenvalue weighted by Gasteiger charge is -2.19. The Kier molecular flexibility index (Phi) is 7.07. The van der Waals surface area contributed by atoms with E-state index in [0.29, 0.717) is 29.6 Å². The minimum Gasteiger partial charge on any atom is -0.507 e. The van der Waals surface area contributed by atoms with Gasteiger partial charge in [-0.25, -0.2) is 8.42 Å². The van der Waals surface area contributed by atoms with Gasteiger partial charge in [0, 0.05) is 10.0 Å². The minimum absolute atomic E-state index is 0.104. The Morgan fingerprint density at radius 2 is 2.12 bits per heavy atom. The zero-order valence-electron chi connectivity index (χ0n) is 14.9. The maximum absolute atomic E-state index is 12.1. The number of allylic oxidation sites excluding steroid dienone is 1. The molecule has 26 heavy (non-hydrogen) atoms. The molecule has 1 aliphatic rings. The second-order valence-electron chi connectivity index (χ2n) is 6.63. The fourth-order valence-electron chi connectivity index (χ4n) is 3.35. The van der Waals surface area contributed by atoms with Gasteiger partial charge >= 0.3 is 0 Å². The molecule has 2 rings (SSSR count). The number of aliphatic hydroxyl groups is 2. The van der Waals surface area contributed by atoms with Crippen molar-refractivity contribution in [3.05, 3.63) is 45.0 Å². The van der Waals surface area contributed by atoms with Crippen LogP contribution in [0, 0.1) is 0 Å². The molecule has 5 nitrogen and oxygen atoms in total. The number of aromatic hydroxyl groups is 1. The highest BCUT2D eigenvalue weighted by Crippen LogP contribution is 2.32. The second-order valence-corrected chi connectivity index (χ2v) is 9.73. The lowest BCUT2D eigenvalue weighted by Crippen LogP contribution is -2.29. The van der Waals surface area contributed by atoms with Crippen LogP contribution < -0.4 is 0 Å². The number of phenolic OH excluding ortho intramolecular Hbond substituents is 1. The maximum atomic E-state index is 12.1. The molecular formula is C19H25BrO5S. The molecule has 0 radical (unpaired) electrons. The lowest BCUT2D eigenvalue weighted by molar-refractivity contribution is 0.188. The summed E-state index contributed by atoms with van der Waals surface area (Å²) >= 11 is 3.38. The first-order valence-electron chi connectivity index (χ1n) is 8.57. The van der Waals surface area contributed by atoms with Crippen molar-refractivity contribution in [3.8, 4) is 5.75 Å². The standard InChI is InChI=1S/C19H25BrO5S/c1-3-13(8-14-9-15(20)5-7-16(14)22)4-6-17(23)19-12(2)11-26(24,25)18(19)10-21/h5,7-9,17-18,21-23H,3-4,6,10-11H2,1-2H3/b13-8+/t17-,18+/m1/s1. The summed E-state index contributed by atoms with van der Waals surface area (Å²) in [6, 6.07) is 5.19. The topological polar surface area (TPSA) is 94.8 Å². The van der Waals surface area contributed by atoms with Crippen molar-refractivity contribution in [1.29, 1.82) is 0 Å². The number of hydrogen-bond acceptors (Lipinski definition) is 5. The van der Waals surface area contributed by atoms with E-state index in [9.17, 15) is 23.7 Å². The predicted octanol–water partition coefficient (Wildman–Crippen LogP) is 3.20. The van der Waals surface area contributed by atoms with Gasteiger partial charge in [0.25, 0.3) is 0 Å². The molecule has 0 aromatic heterocycles. The average Bonchev–Trinajstić information content (AvgIpc) is 2.81. The Balaban J connectivity index is 2.14. The molecule has 0 saturated carbocycles. The van der Waals surface area contributed by atoms with Crippen molar-refractivity contribution in [1.82, 2.24) is 0 Å². The van der Waals surface area contributed by atoms with Crippen LogP contribution in [0.25, 0.3) is 6.08 Å². The maximum Gasteiger partial charge on any atom is 0.163 e. The summed E-state index contributed by atoms with van der Waals surface area (Å²) in [4.78, 5) is 0. The fraction of sp³-hybridized carbons (Fsp3) is 0.474. The van der Waals surface area contributed by atoms with Crippen molar-refractivity contribution in [2.75, 3.05) is 12.4 Å². The molecule has 1 aromatic carbocycles. The number of sulfone groups is 1. The van der Waals surface area contributed by atoms with E-state index in [1.165, 1.54) is 0 Å². The molecule has 7 heteroatoms. The van der Waals surface area contributed by atoms with E-state index in [1.807, 2.05) is 19.1 Å². The summed E-state index contributed by atoms with van der Waals surface area (Å²) in [5, 5.41) is 29.0. The highest BCUT2D eigenvalue weighted by molar-refractivity contribution is 9.10. The van der Waals surface area contributed by atoms with Crippen molar-refractivity contribution in [2.45, 2.75) is 44.5 Å². The first-order valence-corrected chi connectivity index (χ1v) is 11.1. The van der Waals surface area contributed by atoms with E-state index >= 15 is 0 Å². The van der Waals surface area contributed by atoms with Crippen LogP contribution >= 0.6 is 15.9 Å². The summed E-state index contributed by atoms with van der Waals surface area (Å²) in [6.45, 7) is 3.19. The number of phenols is 1. The Morgan fingerprint density at radius 1 is 1.42 bits per heavy atom. The van der Waals surface area contributed by atoms with Gasteiger partial charge in [0.05, 0.1) is 18.5 Å². The summed E-state index contributed by atoms with van der Waals surface area (Å²) in [7, 11) is -3.42. The second kappa shape index (κ2) is 8.69. The smallest absolute Gasteiger partial charge is 0.163 e. The normalized spacial score (nSPS) is 21.3. The van der Waals surface area contributed by atoms with Crippen LogP contribution in [-0.2, 0) is 9.84 Å². The molecule has 0 spiro atoms. The molecule has 0 amide bonds. The van der Waals surface area contributed by atoms with Crippen LogP contribution in [0.3, 0.4) is 0 Å². The average molecular weight is 445 g/mol. The quantitative estimate of drug-likeness (QED) is 0.561. The number of hydrogen-bond donors (Lipinski definition) is 3. The van der Waals surface area contributed by atoms with Crippen LogP contribution in [0.15, 0.2) is 39.4 Å². The molecule has 0 aliphatic carbocycles. The first-order chi connectivity index (χ1) is 12.2. The molecule has 1 aromatic rings. The Bertz CT molecular complexity index is 826. The van der Waals surface area contributed by atoms with Gasteiger partial charge in [0.15, 0.2) is 9.84 Å². The third-order valence-corrected chi connectivity index (χ3v) is 7.36. The SMILES string of the molecule is CC/C(=C\c1cc(Br)ccc1O)CC[C@@H](O)C1=C(C)CS(=O)(=O)[C@H]1CO. The van der Waals surface area contributed by atoms with Crippen molar-refractivity contribution in [3.63, 3.8) is 0 Å². The van der Waals surface area contributed by atoms with Gasteiger partial charge in [-0.15, -0.1) is 0 Å². The monoisotopic (exact) mass is 444 g/mol. The van der Waals surface area contributed by atoms with Crippen molar-refractivity contribution in [2.24, 2.45) is 0 Å². The zero-order valence-corrected chi connectivity index (χ0v) is 17.3. The Morgan fingerprint density at radius 3 is 2.73 bits per heavy atom. The molecule has 1 heterocycles. The van der Waals surface area contributed by atoms with E-state index in [4.69, 9.17) is 0 Å². The summed E-state index contributed by atoms with van der Waals surface area (Å²) in [6.07, 6.45) is 2.67. The molecule has 0 bridgehead atoms. The minimum atomic E-state index is -3.42. The van der Waals surface area contributed by atoms with E-state index in [2.05, 4.69) is 15.9 Å². The zero-order chi connectivity index (χ0) is 19.5. The summed E-state index contributed by atoms with van der Waals surface area (Å²) < 4.78 is 25.0. The van der Waals surface area contributed by atoms with Crippen LogP contribution in [0.4, 0.5) is 0 Å². The van der Waals surface area contributed by atoms with Gasteiger partial charge in [-0.1, -0.05) is 40.1 Å². The lowest BCUT2D eigenvalue weighted by atomic mass is 9.94. The van der Waals surface area contributed by atoms with E-state index < -0.39 is 27.8 Å². The molecule has 0 saturated heterocycles. The van der Waals surface area contributed by atoms with Gasteiger partial charge in [-0.2, -0.15) is 0 Å². The molecule has 3 N–H and O–H groups in total. The van der Waals surface area contributed by atoms with Crippen molar-refractivity contribution < 1.29 is 23.7 Å². The predicted molar refractivity (Wildman–Crippen MR) is 107 cm³/mol. The van der Waals surface area contributed by atoms with E-state index in [1.54, 1.807) is 19.1 Å². The number of benzene rings is 1. The largest absolute Gasteiger partial charge is 0.507 e. The third kappa shape index (κ3) is 4.76. The van der Waals surface area contributed by atoms with Crippen LogP contribution in [0.1, 0.15) is 38.7 Å². The Labute approximate surface area is 163 Å². The summed E-state index contributed by atoms with van der Waals surface area (Å²) in [5.74, 6) is 0.0768. The van der Waals surface area contributed by atoms with Crippen LogP contribution in [-0.4, -0.2) is 47.5 Å². The van der Waals surface area contributed by atoms with E-state index in [0.717, 1.165) is 16.5 Å². The van der Waals surface area contributed by atoms with Gasteiger partial charge in [0.1, 0.15) is 11.0 Å². The molecule has 1 aliphatic heterocycles. The first kappa shape index (κ1) is 21.2. The number of halogens is 1. The molecule has 2 atom stereocenters. The molecule has 0 unspecified atom stereocenters. The summed E-state index contributed by atoms with van der Waals surface area (Å²) in [5.41, 5.74) is 2.80. The van der Waals surface area contributed by atoms with Crippen molar-refractivity contribution >= 4 is 31.8 Å². The fourth-order valence-corrected chi connectivity index (χ4v) is 5.68. The van der Waals surface area contributed by atoms with E-state index in [-0.39, 0.29) is 11.5 Å². The van der Waals surface area contributed by atoms with Gasteiger partial charge in [-0.3, -0.25) is 0 Å². The number of rotatable bonds is 7. The van der Waals surface area contributed by atoms with Crippen LogP contribution in [0.5, 0.6) is 5.75 Å². The van der Waals surface area contributed by atoms with Gasteiger partial charge < -0.3 is 15.3 Å². The van der Waals surface area contributed by atoms with Gasteiger partial charge in [0.2, 0.25) is 0 Å². The van der Waals surface area contributed by atoms with Gasteiger partial charge in [-0.05, 0) is 50.0 Å². The highest BCUT2D eigenvalue weighted by Gasteiger charge is 2.39. The highest BCUT2D eigenvalue weighted by atomic mass is 79.9. The van der Waals surface area contributed by atoms with Crippen LogP contribution in [0.2, 0.25) is 0 Å².